The molecule has 3 heterocycles. The average molecular weight is 486 g/mol. The van der Waals surface area contributed by atoms with E-state index in [1.54, 1.807) is 31.5 Å². The second-order valence-electron chi connectivity index (χ2n) is 7.82. The zero-order valence-electron chi connectivity index (χ0n) is 18.7. The topological polar surface area (TPSA) is 92.7 Å². The zero-order chi connectivity index (χ0) is 23.7. The first-order valence-corrected chi connectivity index (χ1v) is 12.2. The van der Waals surface area contributed by atoms with Crippen molar-refractivity contribution in [2.45, 2.75) is 37.8 Å². The maximum Gasteiger partial charge on any atom is 0.259 e. The number of rotatable bonds is 7. The predicted molar refractivity (Wildman–Crippen MR) is 130 cm³/mol. The van der Waals surface area contributed by atoms with Gasteiger partial charge in [0.15, 0.2) is 0 Å². The van der Waals surface area contributed by atoms with Gasteiger partial charge >= 0.3 is 0 Å². The Morgan fingerprint density at radius 1 is 1.30 bits per heavy atom. The average Bonchev–Trinajstić information content (AvgIpc) is 3.33. The summed E-state index contributed by atoms with van der Waals surface area (Å²) in [5.74, 6) is 1.04. The van der Waals surface area contributed by atoms with Crippen molar-refractivity contribution in [2.75, 3.05) is 0 Å². The van der Waals surface area contributed by atoms with Crippen LogP contribution >= 0.6 is 23.1 Å². The van der Waals surface area contributed by atoms with Gasteiger partial charge in [0.05, 0.1) is 16.4 Å². The second kappa shape index (κ2) is 9.48. The summed E-state index contributed by atoms with van der Waals surface area (Å²) in [5, 5.41) is 3.25. The van der Waals surface area contributed by atoms with Crippen LogP contribution in [0.15, 0.2) is 41.5 Å². The molecule has 3 aromatic heterocycles. The highest BCUT2D eigenvalue weighted by Crippen LogP contribution is 2.27. The number of carbonyl (C=O) groups is 1. The molecule has 10 heteroatoms. The number of halogens is 1. The van der Waals surface area contributed by atoms with Gasteiger partial charge in [-0.05, 0) is 44.0 Å². The first kappa shape index (κ1) is 23.2. The Hall–Kier alpha value is -2.98. The number of aromatic nitrogens is 4. The molecule has 0 bridgehead atoms. The van der Waals surface area contributed by atoms with Crippen LogP contribution in [0.25, 0.3) is 10.2 Å². The number of imidazole rings is 1. The van der Waals surface area contributed by atoms with E-state index in [0.29, 0.717) is 27.6 Å². The number of H-pyrrole nitrogens is 1. The third-order valence-corrected chi connectivity index (χ3v) is 7.79. The highest BCUT2D eigenvalue weighted by atomic mass is 32.2. The van der Waals surface area contributed by atoms with Crippen LogP contribution in [0.3, 0.4) is 0 Å². The molecule has 1 aromatic carbocycles. The fourth-order valence-electron chi connectivity index (χ4n) is 3.51. The quantitative estimate of drug-likeness (QED) is 0.413. The third-order valence-electron chi connectivity index (χ3n) is 5.53. The third kappa shape index (κ3) is 4.86. The van der Waals surface area contributed by atoms with Gasteiger partial charge in [0, 0.05) is 24.3 Å². The van der Waals surface area contributed by atoms with Crippen molar-refractivity contribution in [3.05, 3.63) is 80.5 Å². The number of nitrogens with one attached hydrogen (secondary N) is 2. The van der Waals surface area contributed by atoms with Crippen LogP contribution in [0.2, 0.25) is 0 Å². The summed E-state index contributed by atoms with van der Waals surface area (Å²) in [4.78, 5) is 39.1. The predicted octanol–water partition coefficient (Wildman–Crippen LogP) is 4.00. The van der Waals surface area contributed by atoms with Crippen LogP contribution < -0.4 is 10.9 Å². The molecule has 0 aliphatic heterocycles. The molecular weight excluding hydrogens is 461 g/mol. The lowest BCUT2D eigenvalue weighted by Crippen LogP contribution is -2.36. The van der Waals surface area contributed by atoms with Gasteiger partial charge in [-0.1, -0.05) is 12.1 Å². The molecule has 0 unspecified atom stereocenters. The molecule has 4 rings (SSSR count). The molecule has 0 radical (unpaired) electrons. The molecule has 2 N–H and O–H groups in total. The Kier molecular flexibility index (Phi) is 6.66. The highest BCUT2D eigenvalue weighted by molar-refractivity contribution is 7.99. The van der Waals surface area contributed by atoms with Crippen molar-refractivity contribution >= 4 is 39.2 Å². The molecule has 0 aliphatic carbocycles. The van der Waals surface area contributed by atoms with Crippen LogP contribution in [-0.4, -0.2) is 30.7 Å². The largest absolute Gasteiger partial charge is 0.341 e. The first-order chi connectivity index (χ1) is 15.7. The zero-order valence-corrected chi connectivity index (χ0v) is 20.3. The van der Waals surface area contributed by atoms with E-state index in [-0.39, 0.29) is 17.3 Å². The summed E-state index contributed by atoms with van der Waals surface area (Å²) >= 11 is 2.88. The van der Waals surface area contributed by atoms with E-state index in [1.165, 1.54) is 35.2 Å². The van der Waals surface area contributed by atoms with Crippen molar-refractivity contribution in [3.8, 4) is 0 Å². The molecular formula is C23H24FN5O2S2. The summed E-state index contributed by atoms with van der Waals surface area (Å²) in [6, 6.07) is 5.49. The summed E-state index contributed by atoms with van der Waals surface area (Å²) < 4.78 is 15.3. The molecule has 1 amide bonds. The van der Waals surface area contributed by atoms with E-state index >= 15 is 0 Å². The van der Waals surface area contributed by atoms with Crippen molar-refractivity contribution < 1.29 is 9.18 Å². The van der Waals surface area contributed by atoms with Gasteiger partial charge in [-0.3, -0.25) is 9.59 Å². The normalized spacial score (nSPS) is 13.2. The lowest BCUT2D eigenvalue weighted by atomic mass is 10.1. The number of fused-ring (bicyclic) bond motifs is 1. The summed E-state index contributed by atoms with van der Waals surface area (Å²) in [5.41, 5.74) is 1.54. The van der Waals surface area contributed by atoms with Gasteiger partial charge in [-0.15, -0.1) is 23.1 Å². The van der Waals surface area contributed by atoms with Crippen molar-refractivity contribution in [1.29, 1.82) is 0 Å². The van der Waals surface area contributed by atoms with Crippen molar-refractivity contribution in [2.24, 2.45) is 7.05 Å². The standard InChI is InChI=1S/C23H24FN5O2S2/c1-12-13(2)33-23-18(12)22(31)26-17(27-23)11-32-14(3)21(30)28-19(20-25-9-10-29(20)4)15-5-7-16(24)8-6-15/h5-10,14,19H,11H2,1-4H3,(H,28,30)(H,26,27,31)/t14-,19+/m0/s1. The van der Waals surface area contributed by atoms with Crippen LogP contribution in [-0.2, 0) is 17.6 Å². The Morgan fingerprint density at radius 3 is 2.70 bits per heavy atom. The summed E-state index contributed by atoms with van der Waals surface area (Å²) in [7, 11) is 1.84. The summed E-state index contributed by atoms with van der Waals surface area (Å²) in [6.45, 7) is 5.70. The minimum absolute atomic E-state index is 0.152. The monoisotopic (exact) mass is 485 g/mol. The van der Waals surface area contributed by atoms with E-state index < -0.39 is 11.3 Å². The maximum absolute atomic E-state index is 13.4. The molecule has 0 spiro atoms. The van der Waals surface area contributed by atoms with Gasteiger partial charge in [0.2, 0.25) is 5.91 Å². The number of thiophene rings is 1. The van der Waals surface area contributed by atoms with Crippen LogP contribution in [0, 0.1) is 19.7 Å². The van der Waals surface area contributed by atoms with Crippen molar-refractivity contribution in [1.82, 2.24) is 24.8 Å². The molecule has 0 fully saturated rings. The SMILES string of the molecule is Cc1sc2nc(CS[C@@H](C)C(=O)N[C@H](c3ccc(F)cc3)c3nccn3C)[nH]c(=O)c2c1C. The van der Waals surface area contributed by atoms with Gasteiger partial charge in [0.25, 0.3) is 5.56 Å². The Bertz CT molecular complexity index is 1360. The molecule has 4 aromatic rings. The number of aryl methyl sites for hydroxylation is 3. The molecule has 2 atom stereocenters. The van der Waals surface area contributed by atoms with E-state index in [4.69, 9.17) is 0 Å². The summed E-state index contributed by atoms with van der Waals surface area (Å²) in [6.07, 6.45) is 3.45. The Labute approximate surface area is 198 Å². The number of benzene rings is 1. The van der Waals surface area contributed by atoms with Gasteiger partial charge in [-0.25, -0.2) is 14.4 Å². The molecule has 0 saturated heterocycles. The molecule has 0 saturated carbocycles. The van der Waals surface area contributed by atoms with Crippen LogP contribution in [0.1, 0.15) is 40.6 Å². The highest BCUT2D eigenvalue weighted by Gasteiger charge is 2.24. The van der Waals surface area contributed by atoms with Crippen molar-refractivity contribution in [3.63, 3.8) is 0 Å². The molecule has 172 valence electrons. The number of thioether (sulfide) groups is 1. The molecule has 33 heavy (non-hydrogen) atoms. The fourth-order valence-corrected chi connectivity index (χ4v) is 5.33. The van der Waals surface area contributed by atoms with Crippen LogP contribution in [0.5, 0.6) is 0 Å². The van der Waals surface area contributed by atoms with Gasteiger partial charge in [0.1, 0.15) is 28.3 Å². The van der Waals surface area contributed by atoms with E-state index in [0.717, 1.165) is 16.0 Å². The lowest BCUT2D eigenvalue weighted by molar-refractivity contribution is -0.120. The van der Waals surface area contributed by atoms with E-state index in [2.05, 4.69) is 20.3 Å². The number of hydrogen-bond acceptors (Lipinski definition) is 6. The fraction of sp³-hybridized carbons (Fsp3) is 0.304. The first-order valence-electron chi connectivity index (χ1n) is 10.4. The Morgan fingerprint density at radius 2 is 2.03 bits per heavy atom. The molecule has 7 nitrogen and oxygen atoms in total. The number of hydrogen-bond donors (Lipinski definition) is 2. The van der Waals surface area contributed by atoms with Gasteiger partial charge < -0.3 is 14.9 Å². The van der Waals surface area contributed by atoms with E-state index in [9.17, 15) is 14.0 Å². The second-order valence-corrected chi connectivity index (χ2v) is 10.4. The number of nitrogens with zero attached hydrogens (tertiary/aromatic N) is 3. The molecule has 0 aliphatic rings. The van der Waals surface area contributed by atoms with Gasteiger partial charge in [-0.2, -0.15) is 0 Å². The minimum atomic E-state index is -0.521. The van der Waals surface area contributed by atoms with Crippen LogP contribution in [0.4, 0.5) is 4.39 Å². The lowest BCUT2D eigenvalue weighted by Gasteiger charge is -2.21. The number of amides is 1. The smallest absolute Gasteiger partial charge is 0.259 e. The van der Waals surface area contributed by atoms with E-state index in [1.807, 2.05) is 25.5 Å². The Balaban J connectivity index is 1.49. The maximum atomic E-state index is 13.4. The number of aromatic amines is 1. The number of carbonyl (C=O) groups excluding carboxylic acids is 1. The minimum Gasteiger partial charge on any atom is -0.341 e.